The van der Waals surface area contributed by atoms with Crippen molar-refractivity contribution >= 4 is 38.5 Å². The fourth-order valence-electron chi connectivity index (χ4n) is 3.69. The van der Waals surface area contributed by atoms with E-state index in [0.717, 1.165) is 16.9 Å². The van der Waals surface area contributed by atoms with E-state index in [9.17, 15) is 13.2 Å². The fourth-order valence-corrected chi connectivity index (χ4v) is 5.93. The lowest BCUT2D eigenvalue weighted by Gasteiger charge is -2.20. The number of aryl methyl sites for hydroxylation is 1. The van der Waals surface area contributed by atoms with Crippen molar-refractivity contribution in [3.05, 3.63) is 90.0 Å². The minimum atomic E-state index is -3.68. The number of sulfonamides is 1. The third-order valence-electron chi connectivity index (χ3n) is 5.91. The number of ether oxygens (including phenoxy) is 1. The van der Waals surface area contributed by atoms with Gasteiger partial charge in [0.05, 0.1) is 16.6 Å². The van der Waals surface area contributed by atoms with Gasteiger partial charge >= 0.3 is 0 Å². The van der Waals surface area contributed by atoms with E-state index in [2.05, 4.69) is 0 Å². The molecule has 1 amide bonds. The largest absolute Gasteiger partial charge is 0.484 e. The highest BCUT2D eigenvalue weighted by Gasteiger charge is 2.27. The highest BCUT2D eigenvalue weighted by atomic mass is 32.2. The molecule has 0 aromatic heterocycles. The van der Waals surface area contributed by atoms with Crippen LogP contribution in [0.1, 0.15) is 24.1 Å². The number of aliphatic imine (C=N–C) groups is 1. The van der Waals surface area contributed by atoms with Gasteiger partial charge in [0.2, 0.25) is 0 Å². The maximum absolute atomic E-state index is 12.9. The van der Waals surface area contributed by atoms with Gasteiger partial charge < -0.3 is 4.74 Å². The summed E-state index contributed by atoms with van der Waals surface area (Å²) < 4.78 is 32.8. The molecule has 9 heteroatoms. The summed E-state index contributed by atoms with van der Waals surface area (Å²) in [5, 5.41) is 0.707. The van der Waals surface area contributed by atoms with Gasteiger partial charge in [-0.3, -0.25) is 19.0 Å². The van der Waals surface area contributed by atoms with Gasteiger partial charge in [-0.15, -0.1) is 0 Å². The zero-order valence-electron chi connectivity index (χ0n) is 20.5. The smallest absolute Gasteiger partial charge is 0.266 e. The van der Waals surface area contributed by atoms with Crippen LogP contribution in [0.25, 0.3) is 0 Å². The Morgan fingerprint density at radius 3 is 2.39 bits per heavy atom. The number of hydrogen-bond acceptors (Lipinski definition) is 6. The number of rotatable bonds is 8. The summed E-state index contributed by atoms with van der Waals surface area (Å²) in [4.78, 5) is 19.5. The van der Waals surface area contributed by atoms with Crippen molar-refractivity contribution in [2.45, 2.75) is 24.8 Å². The van der Waals surface area contributed by atoms with Gasteiger partial charge in [-0.2, -0.15) is 0 Å². The Bertz CT molecular complexity index is 1330. The molecule has 0 N–H and O–H groups in total. The second kappa shape index (κ2) is 11.2. The van der Waals surface area contributed by atoms with Crippen molar-refractivity contribution in [1.29, 1.82) is 0 Å². The molecule has 7 nitrogen and oxygen atoms in total. The molecule has 1 fully saturated rings. The van der Waals surface area contributed by atoms with Crippen molar-refractivity contribution in [1.82, 2.24) is 4.90 Å². The normalized spacial score (nSPS) is 15.6. The third kappa shape index (κ3) is 5.91. The number of thioether (sulfide) groups is 1. The van der Waals surface area contributed by atoms with Gasteiger partial charge in [-0.1, -0.05) is 59.8 Å². The van der Waals surface area contributed by atoms with E-state index >= 15 is 0 Å². The van der Waals surface area contributed by atoms with Crippen molar-refractivity contribution in [2.24, 2.45) is 4.99 Å². The van der Waals surface area contributed by atoms with Crippen LogP contribution in [0.4, 0.5) is 5.69 Å². The molecular weight excluding hydrogens is 494 g/mol. The summed E-state index contributed by atoms with van der Waals surface area (Å²) in [6.07, 6.45) is 0. The number of amides is 1. The zero-order chi connectivity index (χ0) is 25.7. The van der Waals surface area contributed by atoms with Crippen LogP contribution in [0.15, 0.2) is 88.8 Å². The Balaban J connectivity index is 1.37. The number of anilines is 1. The maximum atomic E-state index is 12.9. The summed E-state index contributed by atoms with van der Waals surface area (Å²) in [6, 6.07) is 23.3. The fraction of sp³-hybridized carbons (Fsp3) is 0.259. The molecule has 188 valence electrons. The second-order valence-electron chi connectivity index (χ2n) is 8.46. The first-order chi connectivity index (χ1) is 17.3. The average Bonchev–Trinajstić information content (AvgIpc) is 3.36. The molecule has 1 aliphatic heterocycles. The van der Waals surface area contributed by atoms with E-state index in [1.54, 1.807) is 65.2 Å². The number of benzene rings is 3. The van der Waals surface area contributed by atoms with Gasteiger partial charge in [0.1, 0.15) is 5.75 Å². The number of amidine groups is 1. The molecule has 0 unspecified atom stereocenters. The summed E-state index contributed by atoms with van der Waals surface area (Å²) >= 11 is 1.57. The minimum Gasteiger partial charge on any atom is -0.484 e. The van der Waals surface area contributed by atoms with E-state index in [1.807, 2.05) is 44.2 Å². The number of carbonyl (C=O) groups excluding carboxylic acids is 1. The maximum Gasteiger partial charge on any atom is 0.266 e. The molecule has 3 aromatic rings. The quantitative estimate of drug-likeness (QED) is 0.420. The van der Waals surface area contributed by atoms with Crippen molar-refractivity contribution in [3.8, 4) is 5.75 Å². The van der Waals surface area contributed by atoms with E-state index in [0.29, 0.717) is 23.1 Å². The molecule has 1 heterocycles. The van der Waals surface area contributed by atoms with Crippen LogP contribution in [-0.4, -0.2) is 50.3 Å². The first-order valence-electron chi connectivity index (χ1n) is 11.6. The van der Waals surface area contributed by atoms with Gasteiger partial charge in [-0.05, 0) is 55.8 Å². The molecule has 1 atom stereocenters. The average molecular weight is 524 g/mol. The van der Waals surface area contributed by atoms with Crippen LogP contribution < -0.4 is 9.04 Å². The topological polar surface area (TPSA) is 79.3 Å². The second-order valence-corrected chi connectivity index (χ2v) is 11.5. The highest BCUT2D eigenvalue weighted by Crippen LogP contribution is 2.26. The Kier molecular flexibility index (Phi) is 8.01. The van der Waals surface area contributed by atoms with E-state index in [1.165, 1.54) is 11.4 Å². The van der Waals surface area contributed by atoms with Crippen LogP contribution >= 0.6 is 11.8 Å². The first kappa shape index (κ1) is 25.8. The summed E-state index contributed by atoms with van der Waals surface area (Å²) in [6.45, 7) is 4.38. The Labute approximate surface area is 216 Å². The number of hydrogen-bond donors (Lipinski definition) is 0. The molecule has 0 aliphatic carbocycles. The molecule has 0 spiro atoms. The van der Waals surface area contributed by atoms with Gasteiger partial charge in [0.15, 0.2) is 11.8 Å². The molecule has 1 aliphatic rings. The molecule has 36 heavy (non-hydrogen) atoms. The Morgan fingerprint density at radius 1 is 1.06 bits per heavy atom. The summed E-state index contributed by atoms with van der Waals surface area (Å²) in [5.41, 5.74) is 2.58. The zero-order valence-corrected chi connectivity index (χ0v) is 22.1. The SMILES string of the molecule is Cc1ccc(S(=O)(=O)N(C)c2ccc(OCC(=O)N3CCSC3=N[C@@H](C)c3ccccc3)cc2)cc1. The molecule has 1 saturated heterocycles. The summed E-state index contributed by atoms with van der Waals surface area (Å²) in [7, 11) is -2.17. The minimum absolute atomic E-state index is 0.0521. The summed E-state index contributed by atoms with van der Waals surface area (Å²) in [5.74, 6) is 1.11. The number of nitrogens with zero attached hydrogens (tertiary/aromatic N) is 3. The molecule has 0 saturated carbocycles. The van der Waals surface area contributed by atoms with Gasteiger partial charge in [0, 0.05) is 19.3 Å². The van der Waals surface area contributed by atoms with Crippen LogP contribution in [-0.2, 0) is 14.8 Å². The van der Waals surface area contributed by atoms with Crippen molar-refractivity contribution in [2.75, 3.05) is 30.3 Å². The van der Waals surface area contributed by atoms with Crippen LogP contribution in [0.5, 0.6) is 5.75 Å². The van der Waals surface area contributed by atoms with E-state index < -0.39 is 10.0 Å². The molecular formula is C27H29N3O4S2. The lowest BCUT2D eigenvalue weighted by molar-refractivity contribution is -0.129. The number of carbonyl (C=O) groups is 1. The highest BCUT2D eigenvalue weighted by molar-refractivity contribution is 8.14. The van der Waals surface area contributed by atoms with Crippen LogP contribution in [0.2, 0.25) is 0 Å². The predicted octanol–water partition coefficient (Wildman–Crippen LogP) is 4.89. The lowest BCUT2D eigenvalue weighted by Crippen LogP contribution is -2.35. The molecule has 0 bridgehead atoms. The third-order valence-corrected chi connectivity index (χ3v) is 8.68. The molecule has 3 aromatic carbocycles. The molecule has 0 radical (unpaired) electrons. The molecule has 4 rings (SSSR count). The van der Waals surface area contributed by atoms with Crippen molar-refractivity contribution < 1.29 is 17.9 Å². The van der Waals surface area contributed by atoms with E-state index in [-0.39, 0.29) is 23.5 Å². The standard InChI is InChI=1S/C27H29N3O4S2/c1-20-9-15-25(16-10-20)36(32,33)29(3)23-11-13-24(14-12-23)34-19-26(31)30-17-18-35-27(30)28-21(2)22-7-5-4-6-8-22/h4-16,21H,17-19H2,1-3H3/t21-/m0/s1. The van der Waals surface area contributed by atoms with E-state index in [4.69, 9.17) is 9.73 Å². The Hall–Kier alpha value is -3.30. The van der Waals surface area contributed by atoms with Gasteiger partial charge in [-0.25, -0.2) is 8.42 Å². The van der Waals surface area contributed by atoms with Crippen LogP contribution in [0.3, 0.4) is 0 Å². The van der Waals surface area contributed by atoms with Crippen LogP contribution in [0, 0.1) is 6.92 Å². The van der Waals surface area contributed by atoms with Gasteiger partial charge in [0.25, 0.3) is 15.9 Å². The van der Waals surface area contributed by atoms with Crippen molar-refractivity contribution in [3.63, 3.8) is 0 Å². The first-order valence-corrected chi connectivity index (χ1v) is 14.0. The predicted molar refractivity (Wildman–Crippen MR) is 145 cm³/mol. The Morgan fingerprint density at radius 2 is 1.72 bits per heavy atom. The lowest BCUT2D eigenvalue weighted by atomic mass is 10.1. The monoisotopic (exact) mass is 523 g/mol.